The molecular formula is C8H12N3O. The lowest BCUT2D eigenvalue weighted by Gasteiger charge is -1.93. The van der Waals surface area contributed by atoms with Gasteiger partial charge in [0, 0.05) is 13.2 Å². The van der Waals surface area contributed by atoms with Crippen molar-refractivity contribution in [1.82, 2.24) is 9.78 Å². The lowest BCUT2D eigenvalue weighted by Crippen LogP contribution is -2.12. The molecule has 1 aromatic heterocycles. The Balaban J connectivity index is 2.62. The summed E-state index contributed by atoms with van der Waals surface area (Å²) in [6.07, 6.45) is 3.90. The highest BCUT2D eigenvalue weighted by Crippen LogP contribution is 2.06. The van der Waals surface area contributed by atoms with Gasteiger partial charge in [-0.1, -0.05) is 0 Å². The first-order valence-electron chi connectivity index (χ1n) is 3.71. The topological polar surface area (TPSA) is 60.9 Å². The van der Waals surface area contributed by atoms with E-state index in [1.165, 1.54) is 6.42 Å². The van der Waals surface area contributed by atoms with Crippen molar-refractivity contribution in [3.05, 3.63) is 23.9 Å². The number of aryl methyl sites for hydroxylation is 2. The Hall–Kier alpha value is -1.32. The van der Waals surface area contributed by atoms with Crippen molar-refractivity contribution in [3.8, 4) is 0 Å². The molecule has 65 valence electrons. The first-order valence-corrected chi connectivity index (χ1v) is 3.71. The molecule has 0 aliphatic heterocycles. The van der Waals surface area contributed by atoms with Gasteiger partial charge in [0.05, 0.1) is 12.1 Å². The number of hydrogen-bond donors (Lipinski definition) is 1. The van der Waals surface area contributed by atoms with Gasteiger partial charge in [-0.25, -0.2) is 0 Å². The highest BCUT2D eigenvalue weighted by Gasteiger charge is 2.04. The van der Waals surface area contributed by atoms with E-state index in [9.17, 15) is 4.79 Å². The van der Waals surface area contributed by atoms with E-state index in [2.05, 4.69) is 5.10 Å². The molecule has 4 heteroatoms. The van der Waals surface area contributed by atoms with Crippen LogP contribution in [0.5, 0.6) is 0 Å². The van der Waals surface area contributed by atoms with E-state index in [1.807, 2.05) is 20.2 Å². The van der Waals surface area contributed by atoms with Crippen molar-refractivity contribution in [2.24, 2.45) is 12.8 Å². The summed E-state index contributed by atoms with van der Waals surface area (Å²) >= 11 is 0. The number of rotatable bonds is 3. The summed E-state index contributed by atoms with van der Waals surface area (Å²) < 4.78 is 1.72. The van der Waals surface area contributed by atoms with Crippen LogP contribution in [0.15, 0.2) is 6.20 Å². The second kappa shape index (κ2) is 3.38. The third-order valence-electron chi connectivity index (χ3n) is 1.64. The van der Waals surface area contributed by atoms with Crippen LogP contribution in [-0.4, -0.2) is 15.7 Å². The van der Waals surface area contributed by atoms with Crippen LogP contribution in [0.4, 0.5) is 0 Å². The number of carbonyl (C=O) groups excluding carboxylic acids is 1. The first-order chi connectivity index (χ1) is 5.59. The molecule has 0 saturated heterocycles. The Morgan fingerprint density at radius 3 is 2.92 bits per heavy atom. The van der Waals surface area contributed by atoms with Crippen molar-refractivity contribution in [2.45, 2.75) is 13.3 Å². The van der Waals surface area contributed by atoms with Gasteiger partial charge >= 0.3 is 0 Å². The normalized spacial score (nSPS) is 10.2. The number of amides is 1. The molecule has 12 heavy (non-hydrogen) atoms. The molecule has 0 aromatic carbocycles. The maximum Gasteiger partial charge on any atom is 0.221 e. The fourth-order valence-electron chi connectivity index (χ4n) is 1.06. The van der Waals surface area contributed by atoms with Gasteiger partial charge in [0.1, 0.15) is 0 Å². The fraction of sp³-hybridized carbons (Fsp3) is 0.375. The molecule has 0 aliphatic rings. The summed E-state index contributed by atoms with van der Waals surface area (Å²) in [5.41, 5.74) is 6.95. The van der Waals surface area contributed by atoms with Crippen molar-refractivity contribution < 1.29 is 4.79 Å². The Bertz CT molecular complexity index is 290. The van der Waals surface area contributed by atoms with Crippen LogP contribution in [0.25, 0.3) is 0 Å². The van der Waals surface area contributed by atoms with Crippen LogP contribution in [0.3, 0.4) is 0 Å². The quantitative estimate of drug-likeness (QED) is 0.685. The Morgan fingerprint density at radius 2 is 2.50 bits per heavy atom. The lowest BCUT2D eigenvalue weighted by atomic mass is 10.1. The average Bonchev–Trinajstić information content (AvgIpc) is 2.26. The molecule has 0 bridgehead atoms. The number of aromatic nitrogens is 2. The van der Waals surface area contributed by atoms with Crippen molar-refractivity contribution in [1.29, 1.82) is 0 Å². The second-order valence-electron chi connectivity index (χ2n) is 2.72. The Kier molecular flexibility index (Phi) is 2.47. The number of nitrogens with zero attached hydrogens (tertiary/aromatic N) is 2. The summed E-state index contributed by atoms with van der Waals surface area (Å²) in [6, 6.07) is 0. The molecule has 4 nitrogen and oxygen atoms in total. The molecule has 0 aliphatic carbocycles. The maximum atomic E-state index is 10.4. The van der Waals surface area contributed by atoms with Gasteiger partial charge in [0.25, 0.3) is 0 Å². The molecule has 0 unspecified atom stereocenters. The fourth-order valence-corrected chi connectivity index (χ4v) is 1.06. The molecule has 0 saturated carbocycles. The van der Waals surface area contributed by atoms with Gasteiger partial charge in [0.2, 0.25) is 5.91 Å². The minimum atomic E-state index is -0.391. The monoisotopic (exact) mass is 166 g/mol. The molecule has 1 aromatic rings. The minimum Gasteiger partial charge on any atom is -0.369 e. The van der Waals surface area contributed by atoms with E-state index in [4.69, 9.17) is 5.73 Å². The highest BCUT2D eigenvalue weighted by molar-refractivity contribution is 5.83. The molecule has 1 amide bonds. The van der Waals surface area contributed by atoms with E-state index in [1.54, 1.807) is 4.68 Å². The molecule has 2 N–H and O–H groups in total. The number of hydrogen-bond acceptors (Lipinski definition) is 2. The van der Waals surface area contributed by atoms with Crippen LogP contribution in [0.1, 0.15) is 11.3 Å². The Labute approximate surface area is 71.4 Å². The smallest absolute Gasteiger partial charge is 0.221 e. The van der Waals surface area contributed by atoms with Gasteiger partial charge in [-0.15, -0.1) is 0 Å². The third-order valence-corrected chi connectivity index (χ3v) is 1.64. The average molecular weight is 166 g/mol. The van der Waals surface area contributed by atoms with Crippen LogP contribution in [-0.2, 0) is 18.3 Å². The number of nitrogens with two attached hydrogens (primary N) is 1. The van der Waals surface area contributed by atoms with Crippen molar-refractivity contribution >= 4 is 5.91 Å². The lowest BCUT2D eigenvalue weighted by molar-refractivity contribution is -0.115. The predicted octanol–water partition coefficient (Wildman–Crippen LogP) is -0.0394. The van der Waals surface area contributed by atoms with E-state index < -0.39 is 5.91 Å². The summed E-state index contributed by atoms with van der Waals surface area (Å²) in [4.78, 5) is 10.4. The van der Waals surface area contributed by atoms with E-state index in [0.717, 1.165) is 11.3 Å². The van der Waals surface area contributed by atoms with Crippen molar-refractivity contribution in [2.75, 3.05) is 0 Å². The third kappa shape index (κ3) is 2.08. The summed E-state index contributed by atoms with van der Waals surface area (Å²) in [5.74, 6) is -0.391. The van der Waals surface area contributed by atoms with E-state index >= 15 is 0 Å². The molecule has 0 fully saturated rings. The summed E-state index contributed by atoms with van der Waals surface area (Å²) in [5, 5.41) is 4.13. The predicted molar refractivity (Wildman–Crippen MR) is 45.1 cm³/mol. The number of primary amides is 1. The van der Waals surface area contributed by atoms with Crippen LogP contribution < -0.4 is 5.73 Å². The molecule has 0 spiro atoms. The summed E-state index contributed by atoms with van der Waals surface area (Å²) in [6.45, 7) is 1.91. The number of carbonyl (C=O) groups is 1. The van der Waals surface area contributed by atoms with Gasteiger partial charge in [-0.2, -0.15) is 5.10 Å². The largest absolute Gasteiger partial charge is 0.369 e. The minimum absolute atomic E-state index is 0.391. The van der Waals surface area contributed by atoms with Gasteiger partial charge in [-0.05, 0) is 18.9 Å². The van der Waals surface area contributed by atoms with Crippen LogP contribution in [0.2, 0.25) is 0 Å². The summed E-state index contributed by atoms with van der Waals surface area (Å²) in [7, 11) is 1.85. The van der Waals surface area contributed by atoms with E-state index in [-0.39, 0.29) is 0 Å². The second-order valence-corrected chi connectivity index (χ2v) is 2.72. The van der Waals surface area contributed by atoms with Crippen molar-refractivity contribution in [3.63, 3.8) is 0 Å². The standard InChI is InChI=1S/C8H12N3O/c1-6-7(3-4-8(9)12)5-11(2)10-6/h4-5H,3H2,1-2H3,(H2,9,12). The molecule has 0 atom stereocenters. The Morgan fingerprint density at radius 1 is 1.83 bits per heavy atom. The zero-order valence-electron chi connectivity index (χ0n) is 7.24. The van der Waals surface area contributed by atoms with Gasteiger partial charge < -0.3 is 5.73 Å². The molecule has 1 rings (SSSR count). The van der Waals surface area contributed by atoms with E-state index in [0.29, 0.717) is 6.42 Å². The van der Waals surface area contributed by atoms with Gasteiger partial charge in [0.15, 0.2) is 0 Å². The van der Waals surface area contributed by atoms with Gasteiger partial charge in [-0.3, -0.25) is 9.48 Å². The zero-order valence-corrected chi connectivity index (χ0v) is 7.24. The molecule has 1 radical (unpaired) electrons. The molecule has 1 heterocycles. The van der Waals surface area contributed by atoms with Crippen LogP contribution in [0, 0.1) is 13.3 Å². The SMILES string of the molecule is Cc1nn(C)cc1C[CH]C(N)=O. The maximum absolute atomic E-state index is 10.4. The zero-order chi connectivity index (χ0) is 9.14. The van der Waals surface area contributed by atoms with Crippen LogP contribution >= 0.6 is 0 Å². The first kappa shape index (κ1) is 8.77. The highest BCUT2D eigenvalue weighted by atomic mass is 16.1. The molecular weight excluding hydrogens is 154 g/mol.